The molecular formula is C19H22N2O3S. The van der Waals surface area contributed by atoms with Gasteiger partial charge in [0.1, 0.15) is 0 Å². The molecule has 1 aromatic heterocycles. The molecule has 2 aromatic rings. The molecule has 0 aliphatic carbocycles. The molecule has 2 amide bonds. The van der Waals surface area contributed by atoms with Crippen LogP contribution in [0.5, 0.6) is 0 Å². The van der Waals surface area contributed by atoms with E-state index in [1.165, 1.54) is 0 Å². The maximum atomic E-state index is 13.0. The van der Waals surface area contributed by atoms with Gasteiger partial charge < -0.3 is 14.5 Å². The van der Waals surface area contributed by atoms with E-state index in [1.807, 2.05) is 40.6 Å². The quantitative estimate of drug-likeness (QED) is 0.798. The van der Waals surface area contributed by atoms with Crippen LogP contribution in [0.3, 0.4) is 0 Å². The highest BCUT2D eigenvalue weighted by Gasteiger charge is 2.24. The van der Waals surface area contributed by atoms with Crippen molar-refractivity contribution in [2.45, 2.75) is 19.9 Å². The normalized spacial score (nSPS) is 13.0. The van der Waals surface area contributed by atoms with Gasteiger partial charge in [0.05, 0.1) is 13.2 Å². The molecule has 3 rings (SSSR count). The predicted octanol–water partition coefficient (Wildman–Crippen LogP) is 2.95. The zero-order chi connectivity index (χ0) is 17.8. The van der Waals surface area contributed by atoms with Crippen LogP contribution in [0, 0.1) is 0 Å². The van der Waals surface area contributed by atoms with Crippen LogP contribution in [0.4, 0.5) is 5.69 Å². The number of hydrogen-bond acceptors (Lipinski definition) is 4. The largest absolute Gasteiger partial charge is 0.383 e. The summed E-state index contributed by atoms with van der Waals surface area (Å²) in [7, 11) is 1.64. The van der Waals surface area contributed by atoms with Gasteiger partial charge in [0.15, 0.2) is 0 Å². The van der Waals surface area contributed by atoms with Crippen LogP contribution < -0.4 is 4.90 Å². The average molecular weight is 358 g/mol. The molecule has 2 heterocycles. The Kier molecular flexibility index (Phi) is 5.50. The van der Waals surface area contributed by atoms with Crippen LogP contribution in [0.15, 0.2) is 35.7 Å². The van der Waals surface area contributed by atoms with Gasteiger partial charge in [0.25, 0.3) is 5.91 Å². The van der Waals surface area contributed by atoms with Crippen molar-refractivity contribution >= 4 is 28.8 Å². The molecule has 25 heavy (non-hydrogen) atoms. The molecule has 0 saturated carbocycles. The molecule has 132 valence electrons. The average Bonchev–Trinajstić information content (AvgIpc) is 3.26. The van der Waals surface area contributed by atoms with Crippen molar-refractivity contribution in [3.63, 3.8) is 0 Å². The lowest BCUT2D eigenvalue weighted by atomic mass is 10.1. The van der Waals surface area contributed by atoms with E-state index in [0.29, 0.717) is 31.8 Å². The number of nitrogens with zero attached hydrogens (tertiary/aromatic N) is 2. The summed E-state index contributed by atoms with van der Waals surface area (Å²) in [5.74, 6) is 0.0340. The van der Waals surface area contributed by atoms with Gasteiger partial charge in [-0.15, -0.1) is 11.3 Å². The maximum Gasteiger partial charge on any atom is 0.254 e. The predicted molar refractivity (Wildman–Crippen MR) is 99.1 cm³/mol. The van der Waals surface area contributed by atoms with E-state index in [-0.39, 0.29) is 11.8 Å². The SMILES string of the molecule is COCCN(Cc1cccs1)C(=O)c1ccc2c(c1)CCN2C(C)=O. The van der Waals surface area contributed by atoms with Crippen molar-refractivity contribution in [3.05, 3.63) is 51.7 Å². The minimum absolute atomic E-state index is 0.00507. The van der Waals surface area contributed by atoms with Crippen LogP contribution in [-0.4, -0.2) is 43.5 Å². The molecule has 0 saturated heterocycles. The Labute approximate surface area is 151 Å². The second kappa shape index (κ2) is 7.80. The van der Waals surface area contributed by atoms with Gasteiger partial charge in [0.2, 0.25) is 5.91 Å². The van der Waals surface area contributed by atoms with Gasteiger partial charge >= 0.3 is 0 Å². The number of benzene rings is 1. The van der Waals surface area contributed by atoms with Crippen molar-refractivity contribution in [1.29, 1.82) is 0 Å². The fourth-order valence-electron chi connectivity index (χ4n) is 3.09. The fraction of sp³-hybridized carbons (Fsp3) is 0.368. The number of thiophene rings is 1. The van der Waals surface area contributed by atoms with E-state index in [0.717, 1.165) is 22.5 Å². The lowest BCUT2D eigenvalue weighted by molar-refractivity contribution is -0.116. The summed E-state index contributed by atoms with van der Waals surface area (Å²) in [6.45, 7) is 3.88. The number of methoxy groups -OCH3 is 1. The van der Waals surface area contributed by atoms with Crippen molar-refractivity contribution in [1.82, 2.24) is 4.90 Å². The molecule has 0 unspecified atom stereocenters. The van der Waals surface area contributed by atoms with Gasteiger partial charge in [-0.2, -0.15) is 0 Å². The number of amides is 2. The van der Waals surface area contributed by atoms with Crippen LogP contribution in [0.25, 0.3) is 0 Å². The molecule has 0 bridgehead atoms. The van der Waals surface area contributed by atoms with E-state index in [1.54, 1.807) is 30.3 Å². The monoisotopic (exact) mass is 358 g/mol. The number of rotatable bonds is 6. The number of hydrogen-bond donors (Lipinski definition) is 0. The van der Waals surface area contributed by atoms with Crippen LogP contribution in [0.1, 0.15) is 27.7 Å². The van der Waals surface area contributed by atoms with Gasteiger partial charge in [0, 0.05) is 43.3 Å². The Balaban J connectivity index is 1.81. The number of anilines is 1. The highest BCUT2D eigenvalue weighted by Crippen LogP contribution is 2.29. The lowest BCUT2D eigenvalue weighted by Gasteiger charge is -2.22. The zero-order valence-electron chi connectivity index (χ0n) is 14.5. The first-order valence-electron chi connectivity index (χ1n) is 8.31. The molecule has 0 spiro atoms. The second-order valence-corrected chi connectivity index (χ2v) is 7.10. The number of carbonyl (C=O) groups excluding carboxylic acids is 2. The summed E-state index contributed by atoms with van der Waals surface area (Å²) in [5.41, 5.74) is 2.64. The Hall–Kier alpha value is -2.18. The molecular weight excluding hydrogens is 336 g/mol. The maximum absolute atomic E-state index is 13.0. The number of carbonyl (C=O) groups is 2. The summed E-state index contributed by atoms with van der Waals surface area (Å²) in [6.07, 6.45) is 0.791. The van der Waals surface area contributed by atoms with E-state index < -0.39 is 0 Å². The zero-order valence-corrected chi connectivity index (χ0v) is 15.3. The first-order chi connectivity index (χ1) is 12.1. The Morgan fingerprint density at radius 3 is 2.84 bits per heavy atom. The first-order valence-corrected chi connectivity index (χ1v) is 9.19. The number of fused-ring (bicyclic) bond motifs is 1. The van der Waals surface area contributed by atoms with Gasteiger partial charge in [-0.3, -0.25) is 9.59 Å². The summed E-state index contributed by atoms with van der Waals surface area (Å²) < 4.78 is 5.16. The third-order valence-corrected chi connectivity index (χ3v) is 5.24. The highest BCUT2D eigenvalue weighted by atomic mass is 32.1. The van der Waals surface area contributed by atoms with Crippen LogP contribution >= 0.6 is 11.3 Å². The second-order valence-electron chi connectivity index (χ2n) is 6.06. The standard InChI is InChI=1S/C19H22N2O3S/c1-14(22)21-8-7-15-12-16(5-6-18(15)21)19(23)20(9-10-24-2)13-17-4-3-11-25-17/h3-6,11-12H,7-10,13H2,1-2H3. The van der Waals surface area contributed by atoms with Crippen LogP contribution in [-0.2, 0) is 22.5 Å². The summed E-state index contributed by atoms with van der Waals surface area (Å²) in [6, 6.07) is 9.65. The van der Waals surface area contributed by atoms with Crippen molar-refractivity contribution in [2.75, 3.05) is 31.7 Å². The molecule has 0 N–H and O–H groups in total. The molecule has 0 atom stereocenters. The Morgan fingerprint density at radius 2 is 2.16 bits per heavy atom. The van der Waals surface area contributed by atoms with Gasteiger partial charge in [-0.1, -0.05) is 6.07 Å². The molecule has 0 fully saturated rings. The van der Waals surface area contributed by atoms with Gasteiger partial charge in [-0.05, 0) is 41.6 Å². The lowest BCUT2D eigenvalue weighted by Crippen LogP contribution is -2.33. The summed E-state index contributed by atoms with van der Waals surface area (Å²) >= 11 is 1.64. The molecule has 5 nitrogen and oxygen atoms in total. The van der Waals surface area contributed by atoms with Gasteiger partial charge in [-0.25, -0.2) is 0 Å². The third kappa shape index (κ3) is 3.91. The fourth-order valence-corrected chi connectivity index (χ4v) is 3.81. The van der Waals surface area contributed by atoms with E-state index >= 15 is 0 Å². The molecule has 1 aliphatic rings. The minimum atomic E-state index is -0.00507. The van der Waals surface area contributed by atoms with E-state index in [2.05, 4.69) is 0 Å². The summed E-state index contributed by atoms with van der Waals surface area (Å²) in [4.78, 5) is 29.4. The van der Waals surface area contributed by atoms with E-state index in [9.17, 15) is 9.59 Å². The molecule has 1 aliphatic heterocycles. The molecule has 1 aromatic carbocycles. The summed E-state index contributed by atoms with van der Waals surface area (Å²) in [5, 5.41) is 2.01. The Bertz CT molecular complexity index is 758. The third-order valence-electron chi connectivity index (χ3n) is 4.38. The first kappa shape index (κ1) is 17.6. The smallest absolute Gasteiger partial charge is 0.254 e. The minimum Gasteiger partial charge on any atom is -0.383 e. The topological polar surface area (TPSA) is 49.9 Å². The highest BCUT2D eigenvalue weighted by molar-refractivity contribution is 7.09. The van der Waals surface area contributed by atoms with Crippen molar-refractivity contribution in [3.8, 4) is 0 Å². The van der Waals surface area contributed by atoms with Crippen LogP contribution in [0.2, 0.25) is 0 Å². The molecule has 6 heteroatoms. The van der Waals surface area contributed by atoms with E-state index in [4.69, 9.17) is 4.74 Å². The number of ether oxygens (including phenoxy) is 1. The van der Waals surface area contributed by atoms with Crippen molar-refractivity contribution < 1.29 is 14.3 Å². The Morgan fingerprint density at radius 1 is 1.32 bits per heavy atom. The molecule has 0 radical (unpaired) electrons. The van der Waals surface area contributed by atoms with Crippen molar-refractivity contribution in [2.24, 2.45) is 0 Å².